The number of rotatable bonds is 8. The predicted octanol–water partition coefficient (Wildman–Crippen LogP) is 3.90. The number of aryl methyl sites for hydroxylation is 2. The molecule has 0 aliphatic rings. The SMILES string of the molecule is CCOc1ccc(C(=O)OCC(=O)Nc2ccc(C)c(C)c2)cc1OCC. The van der Waals surface area contributed by atoms with Crippen LogP contribution in [0.4, 0.5) is 5.69 Å². The summed E-state index contributed by atoms with van der Waals surface area (Å²) in [7, 11) is 0. The van der Waals surface area contributed by atoms with E-state index in [9.17, 15) is 9.59 Å². The van der Waals surface area contributed by atoms with Gasteiger partial charge in [-0.2, -0.15) is 0 Å². The van der Waals surface area contributed by atoms with Crippen LogP contribution in [-0.4, -0.2) is 31.7 Å². The van der Waals surface area contributed by atoms with E-state index in [4.69, 9.17) is 14.2 Å². The Hall–Kier alpha value is -3.02. The number of hydrogen-bond acceptors (Lipinski definition) is 5. The highest BCUT2D eigenvalue weighted by Gasteiger charge is 2.14. The molecular formula is C21H25NO5. The van der Waals surface area contributed by atoms with E-state index in [0.29, 0.717) is 36.0 Å². The first-order chi connectivity index (χ1) is 12.9. The van der Waals surface area contributed by atoms with Crippen molar-refractivity contribution in [3.05, 3.63) is 53.1 Å². The largest absolute Gasteiger partial charge is 0.490 e. The second-order valence-corrected chi connectivity index (χ2v) is 5.95. The van der Waals surface area contributed by atoms with Gasteiger partial charge in [-0.15, -0.1) is 0 Å². The Morgan fingerprint density at radius 1 is 0.889 bits per heavy atom. The minimum atomic E-state index is -0.603. The maximum absolute atomic E-state index is 12.2. The lowest BCUT2D eigenvalue weighted by molar-refractivity contribution is -0.119. The number of ether oxygens (including phenoxy) is 3. The topological polar surface area (TPSA) is 73.9 Å². The zero-order valence-corrected chi connectivity index (χ0v) is 16.1. The van der Waals surface area contributed by atoms with Crippen molar-refractivity contribution in [2.75, 3.05) is 25.1 Å². The third kappa shape index (κ3) is 5.74. The third-order valence-corrected chi connectivity index (χ3v) is 3.90. The second-order valence-electron chi connectivity index (χ2n) is 5.95. The van der Waals surface area contributed by atoms with Crippen LogP contribution in [0.25, 0.3) is 0 Å². The molecule has 6 heteroatoms. The van der Waals surface area contributed by atoms with Crippen molar-refractivity contribution in [3.63, 3.8) is 0 Å². The molecule has 0 bridgehead atoms. The van der Waals surface area contributed by atoms with E-state index in [2.05, 4.69) is 5.32 Å². The number of hydrogen-bond donors (Lipinski definition) is 1. The molecule has 1 N–H and O–H groups in total. The Labute approximate surface area is 159 Å². The van der Waals surface area contributed by atoms with E-state index < -0.39 is 11.9 Å². The van der Waals surface area contributed by atoms with Gasteiger partial charge in [-0.25, -0.2) is 4.79 Å². The van der Waals surface area contributed by atoms with Crippen molar-refractivity contribution in [3.8, 4) is 11.5 Å². The van der Waals surface area contributed by atoms with Crippen molar-refractivity contribution in [1.82, 2.24) is 0 Å². The standard InChI is InChI=1S/C21H25NO5/c1-5-25-18-10-8-16(12-19(18)26-6-2)21(24)27-13-20(23)22-17-9-7-14(3)15(4)11-17/h7-12H,5-6,13H2,1-4H3,(H,22,23). The molecule has 0 spiro atoms. The summed E-state index contributed by atoms with van der Waals surface area (Å²) < 4.78 is 16.1. The summed E-state index contributed by atoms with van der Waals surface area (Å²) in [6, 6.07) is 10.4. The molecule has 0 saturated carbocycles. The van der Waals surface area contributed by atoms with Crippen LogP contribution >= 0.6 is 0 Å². The molecule has 2 rings (SSSR count). The van der Waals surface area contributed by atoms with Crippen LogP contribution in [0.5, 0.6) is 11.5 Å². The molecular weight excluding hydrogens is 346 g/mol. The molecule has 144 valence electrons. The Bertz CT molecular complexity index is 816. The first-order valence-electron chi connectivity index (χ1n) is 8.88. The van der Waals surface area contributed by atoms with Crippen LogP contribution in [0, 0.1) is 13.8 Å². The summed E-state index contributed by atoms with van der Waals surface area (Å²) in [6.07, 6.45) is 0. The van der Waals surface area contributed by atoms with E-state index >= 15 is 0 Å². The van der Waals surface area contributed by atoms with Crippen LogP contribution in [0.3, 0.4) is 0 Å². The molecule has 0 aromatic heterocycles. The first kappa shape index (κ1) is 20.3. The van der Waals surface area contributed by atoms with Gasteiger partial charge in [0.15, 0.2) is 18.1 Å². The molecule has 0 aliphatic carbocycles. The van der Waals surface area contributed by atoms with Gasteiger partial charge in [0.25, 0.3) is 5.91 Å². The smallest absolute Gasteiger partial charge is 0.338 e. The number of carbonyl (C=O) groups is 2. The van der Waals surface area contributed by atoms with E-state index in [1.165, 1.54) is 0 Å². The van der Waals surface area contributed by atoms with Crippen molar-refractivity contribution < 1.29 is 23.8 Å². The molecule has 0 atom stereocenters. The lowest BCUT2D eigenvalue weighted by Crippen LogP contribution is -2.21. The maximum Gasteiger partial charge on any atom is 0.338 e. The minimum absolute atomic E-state index is 0.292. The summed E-state index contributed by atoms with van der Waals surface area (Å²) in [4.78, 5) is 24.2. The lowest BCUT2D eigenvalue weighted by Gasteiger charge is -2.12. The van der Waals surface area contributed by atoms with Crippen LogP contribution in [0.15, 0.2) is 36.4 Å². The van der Waals surface area contributed by atoms with E-state index in [0.717, 1.165) is 11.1 Å². The van der Waals surface area contributed by atoms with Gasteiger partial charge in [-0.3, -0.25) is 4.79 Å². The predicted molar refractivity (Wildman–Crippen MR) is 104 cm³/mol. The summed E-state index contributed by atoms with van der Waals surface area (Å²) in [5.41, 5.74) is 3.17. The molecule has 0 radical (unpaired) electrons. The fraction of sp³-hybridized carbons (Fsp3) is 0.333. The zero-order chi connectivity index (χ0) is 19.8. The molecule has 0 saturated heterocycles. The van der Waals surface area contributed by atoms with E-state index in [1.54, 1.807) is 18.2 Å². The van der Waals surface area contributed by atoms with Gasteiger partial charge >= 0.3 is 5.97 Å². The van der Waals surface area contributed by atoms with Gasteiger partial charge in [0, 0.05) is 5.69 Å². The Morgan fingerprint density at radius 3 is 2.26 bits per heavy atom. The lowest BCUT2D eigenvalue weighted by atomic mass is 10.1. The van der Waals surface area contributed by atoms with Crippen molar-refractivity contribution >= 4 is 17.6 Å². The van der Waals surface area contributed by atoms with E-state index in [1.807, 2.05) is 45.9 Å². The highest BCUT2D eigenvalue weighted by atomic mass is 16.5. The average Bonchev–Trinajstić information content (AvgIpc) is 2.64. The number of nitrogens with one attached hydrogen (secondary N) is 1. The number of anilines is 1. The molecule has 27 heavy (non-hydrogen) atoms. The highest BCUT2D eigenvalue weighted by molar-refractivity contribution is 5.95. The first-order valence-corrected chi connectivity index (χ1v) is 8.88. The third-order valence-electron chi connectivity index (χ3n) is 3.90. The van der Waals surface area contributed by atoms with Crippen molar-refractivity contribution in [2.45, 2.75) is 27.7 Å². The summed E-state index contributed by atoms with van der Waals surface area (Å²) in [5, 5.41) is 2.71. The molecule has 2 aromatic rings. The minimum Gasteiger partial charge on any atom is -0.490 e. The van der Waals surface area contributed by atoms with Crippen LogP contribution in [-0.2, 0) is 9.53 Å². The number of amides is 1. The van der Waals surface area contributed by atoms with Gasteiger partial charge in [0.2, 0.25) is 0 Å². The quantitative estimate of drug-likeness (QED) is 0.713. The zero-order valence-electron chi connectivity index (χ0n) is 16.1. The Balaban J connectivity index is 1.97. The average molecular weight is 371 g/mol. The molecule has 1 amide bonds. The second kappa shape index (κ2) is 9.62. The Morgan fingerprint density at radius 2 is 1.59 bits per heavy atom. The number of benzene rings is 2. The van der Waals surface area contributed by atoms with Gasteiger partial charge in [0.05, 0.1) is 18.8 Å². The van der Waals surface area contributed by atoms with Crippen LogP contribution in [0.2, 0.25) is 0 Å². The fourth-order valence-corrected chi connectivity index (χ4v) is 2.41. The number of carbonyl (C=O) groups excluding carboxylic acids is 2. The monoisotopic (exact) mass is 371 g/mol. The Kier molecular flexibility index (Phi) is 7.23. The fourth-order valence-electron chi connectivity index (χ4n) is 2.41. The van der Waals surface area contributed by atoms with Gasteiger partial charge < -0.3 is 19.5 Å². The molecule has 2 aromatic carbocycles. The summed E-state index contributed by atoms with van der Waals surface area (Å²) >= 11 is 0. The van der Waals surface area contributed by atoms with Crippen LogP contribution < -0.4 is 14.8 Å². The van der Waals surface area contributed by atoms with Gasteiger partial charge in [-0.05, 0) is 69.2 Å². The van der Waals surface area contributed by atoms with Crippen molar-refractivity contribution in [2.24, 2.45) is 0 Å². The molecule has 0 fully saturated rings. The summed E-state index contributed by atoms with van der Waals surface area (Å²) in [5.74, 6) is 0.0218. The van der Waals surface area contributed by atoms with Gasteiger partial charge in [-0.1, -0.05) is 6.07 Å². The molecule has 0 heterocycles. The van der Waals surface area contributed by atoms with Crippen molar-refractivity contribution in [1.29, 1.82) is 0 Å². The molecule has 0 aliphatic heterocycles. The van der Waals surface area contributed by atoms with E-state index in [-0.39, 0.29) is 6.61 Å². The summed E-state index contributed by atoms with van der Waals surface area (Å²) in [6.45, 7) is 8.23. The number of esters is 1. The molecule has 6 nitrogen and oxygen atoms in total. The normalized spacial score (nSPS) is 10.2. The maximum atomic E-state index is 12.2. The molecule has 0 unspecified atom stereocenters. The van der Waals surface area contributed by atoms with Crippen LogP contribution in [0.1, 0.15) is 35.3 Å². The highest BCUT2D eigenvalue weighted by Crippen LogP contribution is 2.28. The van der Waals surface area contributed by atoms with Gasteiger partial charge in [0.1, 0.15) is 0 Å².